The van der Waals surface area contributed by atoms with Gasteiger partial charge in [0.2, 0.25) is 0 Å². The Morgan fingerprint density at radius 1 is 1.12 bits per heavy atom. The molecule has 0 saturated heterocycles. The minimum absolute atomic E-state index is 0.704. The van der Waals surface area contributed by atoms with E-state index >= 15 is 0 Å². The largest absolute Gasteiger partial charge is 0.318 e. The van der Waals surface area contributed by atoms with Crippen molar-refractivity contribution in [2.75, 3.05) is 0 Å². The molecule has 1 heterocycles. The molecule has 0 unspecified atom stereocenters. The second kappa shape index (κ2) is 1.73. The Labute approximate surface area is 42.6 Å². The maximum atomic E-state index is 11.3. The molecule has 0 aromatic carbocycles. The molecule has 1 rings (SSSR count). The number of halogens is 2. The standard InChI is InChI=1S/C2F2N4/c3-1(4)2-5-7-8-6-2. The van der Waals surface area contributed by atoms with Gasteiger partial charge in [-0.3, -0.25) is 0 Å². The molecule has 0 spiro atoms. The molecule has 42 valence electrons. The van der Waals surface area contributed by atoms with Crippen molar-refractivity contribution in [2.45, 2.75) is 0 Å². The summed E-state index contributed by atoms with van der Waals surface area (Å²) in [5, 5.41) is 11.4. The van der Waals surface area contributed by atoms with Crippen LogP contribution in [-0.2, 0) is 0 Å². The van der Waals surface area contributed by atoms with Crippen LogP contribution in [0.4, 0.5) is 8.78 Å². The third-order valence-corrected chi connectivity index (χ3v) is 0.488. The average Bonchev–Trinajstić information content (AvgIpc) is 2.12. The quantitative estimate of drug-likeness (QED) is 0.466. The summed E-state index contributed by atoms with van der Waals surface area (Å²) in [6.45, 7) is 0. The molecule has 0 radical (unpaired) electrons. The molecule has 6 heteroatoms. The Bertz CT molecular complexity index is 162. The molecule has 0 N–H and O–H groups in total. The summed E-state index contributed by atoms with van der Waals surface area (Å²) in [6.07, 6.45) is -1.96. The van der Waals surface area contributed by atoms with Crippen molar-refractivity contribution in [3.05, 3.63) is 11.9 Å². The lowest BCUT2D eigenvalue weighted by atomic mass is 10.8. The predicted octanol–water partition coefficient (Wildman–Crippen LogP) is 1.89. The van der Waals surface area contributed by atoms with E-state index in [4.69, 9.17) is 0 Å². The summed E-state index contributed by atoms with van der Waals surface area (Å²) in [7, 11) is 0. The van der Waals surface area contributed by atoms with Crippen LogP contribution in [0.2, 0.25) is 0 Å². The molecule has 0 bridgehead atoms. The Kier molecular flexibility index (Phi) is 1.07. The summed E-state index contributed by atoms with van der Waals surface area (Å²) >= 11 is 0. The van der Waals surface area contributed by atoms with E-state index in [9.17, 15) is 8.78 Å². The zero-order valence-electron chi connectivity index (χ0n) is 3.54. The fourth-order valence-electron chi connectivity index (χ4n) is 0.220. The van der Waals surface area contributed by atoms with E-state index < -0.39 is 11.9 Å². The highest BCUT2D eigenvalue weighted by Crippen LogP contribution is 2.15. The van der Waals surface area contributed by atoms with E-state index in [2.05, 4.69) is 20.7 Å². The lowest BCUT2D eigenvalue weighted by Gasteiger charge is -1.74. The fraction of sp³-hybridized carbons (Fsp3) is 0. The van der Waals surface area contributed by atoms with Gasteiger partial charge in [0.15, 0.2) is 0 Å². The van der Waals surface area contributed by atoms with E-state index in [1.54, 1.807) is 0 Å². The van der Waals surface area contributed by atoms with Crippen molar-refractivity contribution in [1.82, 2.24) is 0 Å². The topological polar surface area (TPSA) is 49.4 Å². The second-order valence-corrected chi connectivity index (χ2v) is 0.963. The molecular formula is C2F2N4. The molecule has 0 atom stereocenters. The smallest absolute Gasteiger partial charge is 0.169 e. The second-order valence-electron chi connectivity index (χ2n) is 0.963. The lowest BCUT2D eigenvalue weighted by Crippen LogP contribution is -1.65. The van der Waals surface area contributed by atoms with Crippen LogP contribution in [0, 0.1) is 0 Å². The van der Waals surface area contributed by atoms with Gasteiger partial charge < -0.3 is 0 Å². The minimum atomic E-state index is -1.96. The molecular weight excluding hydrogens is 118 g/mol. The van der Waals surface area contributed by atoms with Crippen molar-refractivity contribution in [1.29, 1.82) is 0 Å². The predicted molar refractivity (Wildman–Crippen MR) is 19.0 cm³/mol. The fourth-order valence-corrected chi connectivity index (χ4v) is 0.220. The Balaban J connectivity index is 2.90. The highest BCUT2D eigenvalue weighted by atomic mass is 19.3. The molecule has 0 aliphatic carbocycles. The van der Waals surface area contributed by atoms with Gasteiger partial charge in [-0.25, -0.2) is 0 Å². The minimum Gasteiger partial charge on any atom is -0.169 e. The van der Waals surface area contributed by atoms with Gasteiger partial charge in [-0.2, -0.15) is 8.78 Å². The summed E-state index contributed by atoms with van der Waals surface area (Å²) in [5.74, 6) is -0.704. The average molecular weight is 118 g/mol. The van der Waals surface area contributed by atoms with Gasteiger partial charge in [-0.15, -0.1) is 10.2 Å². The van der Waals surface area contributed by atoms with Crippen LogP contribution >= 0.6 is 0 Å². The van der Waals surface area contributed by atoms with Gasteiger partial charge in [-0.1, -0.05) is 0 Å². The van der Waals surface area contributed by atoms with Gasteiger partial charge in [0.05, 0.1) is 0 Å². The molecule has 0 fully saturated rings. The van der Waals surface area contributed by atoms with Gasteiger partial charge in [0.25, 0.3) is 5.82 Å². The molecule has 0 aromatic rings. The monoisotopic (exact) mass is 118 g/mol. The summed E-state index contributed by atoms with van der Waals surface area (Å²) in [5.41, 5.74) is 0. The van der Waals surface area contributed by atoms with E-state index in [-0.39, 0.29) is 0 Å². The molecule has 0 saturated carbocycles. The molecule has 0 aromatic heterocycles. The normalized spacial score (nSPS) is 15.5. The van der Waals surface area contributed by atoms with Gasteiger partial charge in [0.1, 0.15) is 0 Å². The van der Waals surface area contributed by atoms with E-state index in [0.29, 0.717) is 0 Å². The van der Waals surface area contributed by atoms with Crippen molar-refractivity contribution >= 4 is 0 Å². The summed E-state index contributed by atoms with van der Waals surface area (Å²) < 4.78 is 22.6. The summed E-state index contributed by atoms with van der Waals surface area (Å²) in [6, 6.07) is 0. The number of hydrogen-bond acceptors (Lipinski definition) is 4. The van der Waals surface area contributed by atoms with Crippen LogP contribution in [0.15, 0.2) is 32.6 Å². The molecule has 1 aliphatic heterocycles. The van der Waals surface area contributed by atoms with Crippen LogP contribution < -0.4 is 0 Å². The first-order chi connectivity index (χ1) is 3.80. The van der Waals surface area contributed by atoms with Crippen molar-refractivity contribution in [3.8, 4) is 0 Å². The lowest BCUT2D eigenvalue weighted by molar-refractivity contribution is 0.409. The first-order valence-electron chi connectivity index (χ1n) is 1.68. The van der Waals surface area contributed by atoms with Crippen LogP contribution in [0.3, 0.4) is 0 Å². The highest BCUT2D eigenvalue weighted by Gasteiger charge is 2.06. The maximum absolute atomic E-state index is 11.3. The number of hydrogen-bond donors (Lipinski definition) is 0. The third kappa shape index (κ3) is 0.722. The van der Waals surface area contributed by atoms with Crippen molar-refractivity contribution < 1.29 is 8.78 Å². The summed E-state index contributed by atoms with van der Waals surface area (Å²) in [4.78, 5) is 0. The number of nitrogens with zero attached hydrogens (tertiary/aromatic N) is 4. The molecule has 1 aliphatic rings. The van der Waals surface area contributed by atoms with Crippen LogP contribution in [0.25, 0.3) is 0 Å². The van der Waals surface area contributed by atoms with Crippen LogP contribution in [0.1, 0.15) is 0 Å². The zero-order chi connectivity index (χ0) is 5.98. The van der Waals surface area contributed by atoms with Crippen LogP contribution in [0.5, 0.6) is 0 Å². The zero-order valence-corrected chi connectivity index (χ0v) is 3.54. The Morgan fingerprint density at radius 3 is 1.88 bits per heavy atom. The highest BCUT2D eigenvalue weighted by molar-refractivity contribution is 4.96. The SMILES string of the molecule is FC(F)=C1N=NN=N1. The van der Waals surface area contributed by atoms with E-state index in [0.717, 1.165) is 0 Å². The van der Waals surface area contributed by atoms with Crippen molar-refractivity contribution in [3.63, 3.8) is 0 Å². The van der Waals surface area contributed by atoms with Gasteiger partial charge >= 0.3 is 6.08 Å². The third-order valence-electron chi connectivity index (χ3n) is 0.488. The van der Waals surface area contributed by atoms with Crippen LogP contribution in [-0.4, -0.2) is 0 Å². The van der Waals surface area contributed by atoms with Gasteiger partial charge in [-0.05, 0) is 10.4 Å². The molecule has 8 heavy (non-hydrogen) atoms. The first-order valence-corrected chi connectivity index (χ1v) is 1.68. The molecule has 4 nitrogen and oxygen atoms in total. The number of rotatable bonds is 0. The Hall–Kier alpha value is -1.20. The van der Waals surface area contributed by atoms with Crippen molar-refractivity contribution in [2.24, 2.45) is 20.7 Å². The molecule has 0 amide bonds. The van der Waals surface area contributed by atoms with E-state index in [1.807, 2.05) is 0 Å². The first kappa shape index (κ1) is 4.95. The van der Waals surface area contributed by atoms with E-state index in [1.165, 1.54) is 0 Å². The Morgan fingerprint density at radius 2 is 1.62 bits per heavy atom. The van der Waals surface area contributed by atoms with Gasteiger partial charge in [0, 0.05) is 0 Å². The maximum Gasteiger partial charge on any atom is 0.318 e.